The van der Waals surface area contributed by atoms with Gasteiger partial charge >= 0.3 is 0 Å². The van der Waals surface area contributed by atoms with Gasteiger partial charge in [0.25, 0.3) is 0 Å². The number of rotatable bonds is 5. The van der Waals surface area contributed by atoms with Crippen LogP contribution in [-0.2, 0) is 5.75 Å². The van der Waals surface area contributed by atoms with Crippen molar-refractivity contribution in [1.29, 1.82) is 0 Å². The lowest BCUT2D eigenvalue weighted by Gasteiger charge is -2.00. The summed E-state index contributed by atoms with van der Waals surface area (Å²) in [6.07, 6.45) is 0. The summed E-state index contributed by atoms with van der Waals surface area (Å²) < 4.78 is 0. The van der Waals surface area contributed by atoms with Crippen LogP contribution in [0.2, 0.25) is 0 Å². The molecule has 1 aromatic heterocycles. The third-order valence-corrected chi connectivity index (χ3v) is 4.39. The summed E-state index contributed by atoms with van der Waals surface area (Å²) in [5.74, 6) is 1.96. The van der Waals surface area contributed by atoms with Crippen LogP contribution in [0.5, 0.6) is 0 Å². The van der Waals surface area contributed by atoms with E-state index < -0.39 is 0 Å². The highest BCUT2D eigenvalue weighted by Gasteiger charge is 2.06. The van der Waals surface area contributed by atoms with Crippen LogP contribution < -0.4 is 5.73 Å². The van der Waals surface area contributed by atoms with Crippen molar-refractivity contribution in [2.45, 2.75) is 12.7 Å². The van der Waals surface area contributed by atoms with Crippen molar-refractivity contribution < 1.29 is 0 Å². The van der Waals surface area contributed by atoms with Gasteiger partial charge in [-0.2, -0.15) is 11.8 Å². The molecule has 0 atom stereocenters. The number of nitrogens with zero attached hydrogens (tertiary/aromatic N) is 1. The molecule has 4 heteroatoms. The van der Waals surface area contributed by atoms with Crippen molar-refractivity contribution in [2.24, 2.45) is 5.73 Å². The van der Waals surface area contributed by atoms with Gasteiger partial charge in [-0.1, -0.05) is 24.3 Å². The van der Waals surface area contributed by atoms with E-state index in [0.717, 1.165) is 28.8 Å². The van der Waals surface area contributed by atoms with Crippen molar-refractivity contribution in [3.05, 3.63) is 40.9 Å². The first kappa shape index (κ1) is 12.6. The van der Waals surface area contributed by atoms with Gasteiger partial charge in [-0.3, -0.25) is 0 Å². The molecule has 0 amide bonds. The van der Waals surface area contributed by atoms with Gasteiger partial charge in [0.2, 0.25) is 0 Å². The number of aryl methyl sites for hydroxylation is 1. The van der Waals surface area contributed by atoms with Gasteiger partial charge in [0.05, 0.1) is 5.69 Å². The highest BCUT2D eigenvalue weighted by Crippen LogP contribution is 2.27. The van der Waals surface area contributed by atoms with Crippen LogP contribution in [0.3, 0.4) is 0 Å². The van der Waals surface area contributed by atoms with Crippen LogP contribution in [-0.4, -0.2) is 17.3 Å². The Bertz CT molecular complexity index is 480. The Balaban J connectivity index is 2.10. The Labute approximate surface area is 110 Å². The van der Waals surface area contributed by atoms with E-state index in [0.29, 0.717) is 0 Å². The molecule has 2 aromatic rings. The fourth-order valence-electron chi connectivity index (χ4n) is 1.57. The van der Waals surface area contributed by atoms with Gasteiger partial charge in [0.1, 0.15) is 5.01 Å². The van der Waals surface area contributed by atoms with Crippen LogP contribution in [0, 0.1) is 6.92 Å². The van der Waals surface area contributed by atoms with E-state index in [-0.39, 0.29) is 0 Å². The standard InChI is InChI=1S/C13H16N2S2/c1-10-4-2-3-5-12(10)13-15-11(9-17-13)8-16-7-6-14/h2-5,9H,6-8,14H2,1H3. The molecule has 0 spiro atoms. The number of nitrogens with two attached hydrogens (primary N) is 1. The molecule has 2 nitrogen and oxygen atoms in total. The van der Waals surface area contributed by atoms with Crippen LogP contribution in [0.15, 0.2) is 29.6 Å². The highest BCUT2D eigenvalue weighted by molar-refractivity contribution is 7.98. The lowest BCUT2D eigenvalue weighted by atomic mass is 10.1. The minimum atomic E-state index is 0.736. The van der Waals surface area contributed by atoms with Crippen molar-refractivity contribution >= 4 is 23.1 Å². The predicted molar refractivity (Wildman–Crippen MR) is 77.5 cm³/mol. The van der Waals surface area contributed by atoms with E-state index in [1.54, 1.807) is 11.3 Å². The Hall–Kier alpha value is -0.840. The topological polar surface area (TPSA) is 38.9 Å². The average Bonchev–Trinajstić information content (AvgIpc) is 2.79. The maximum absolute atomic E-state index is 5.47. The Morgan fingerprint density at radius 3 is 2.94 bits per heavy atom. The molecule has 0 aliphatic heterocycles. The van der Waals surface area contributed by atoms with Crippen molar-refractivity contribution in [3.63, 3.8) is 0 Å². The largest absolute Gasteiger partial charge is 0.330 e. The minimum absolute atomic E-state index is 0.736. The molecule has 0 fully saturated rings. The van der Waals surface area contributed by atoms with Crippen LogP contribution in [0.25, 0.3) is 10.6 Å². The average molecular weight is 264 g/mol. The lowest BCUT2D eigenvalue weighted by molar-refractivity contribution is 1.14. The number of aromatic nitrogens is 1. The number of thioether (sulfide) groups is 1. The summed E-state index contributed by atoms with van der Waals surface area (Å²) >= 11 is 3.56. The Morgan fingerprint density at radius 2 is 2.18 bits per heavy atom. The molecule has 0 saturated carbocycles. The highest BCUT2D eigenvalue weighted by atomic mass is 32.2. The molecule has 2 rings (SSSR count). The maximum Gasteiger partial charge on any atom is 0.123 e. The van der Waals surface area contributed by atoms with E-state index >= 15 is 0 Å². The molecule has 1 heterocycles. The molecule has 0 aliphatic rings. The molecule has 0 radical (unpaired) electrons. The Kier molecular flexibility index (Phi) is 4.59. The van der Waals surface area contributed by atoms with Crippen LogP contribution in [0.1, 0.15) is 11.3 Å². The third kappa shape index (κ3) is 3.31. The number of thiazole rings is 1. The SMILES string of the molecule is Cc1ccccc1-c1nc(CSCCN)cs1. The van der Waals surface area contributed by atoms with Crippen molar-refractivity contribution in [3.8, 4) is 10.6 Å². The van der Waals surface area contributed by atoms with E-state index in [9.17, 15) is 0 Å². The van der Waals surface area contributed by atoms with Gasteiger partial charge in [-0.15, -0.1) is 11.3 Å². The van der Waals surface area contributed by atoms with Gasteiger partial charge in [0.15, 0.2) is 0 Å². The second kappa shape index (κ2) is 6.19. The van der Waals surface area contributed by atoms with Gasteiger partial charge < -0.3 is 5.73 Å². The first-order chi connectivity index (χ1) is 8.31. The summed E-state index contributed by atoms with van der Waals surface area (Å²) in [5.41, 5.74) is 9.15. The quantitative estimate of drug-likeness (QED) is 0.842. The molecule has 0 saturated heterocycles. The zero-order chi connectivity index (χ0) is 12.1. The number of benzene rings is 1. The normalized spacial score (nSPS) is 10.7. The summed E-state index contributed by atoms with van der Waals surface area (Å²) in [6.45, 7) is 2.86. The first-order valence-electron chi connectivity index (χ1n) is 5.59. The predicted octanol–water partition coefficient (Wildman–Crippen LogP) is 3.31. The molecular weight excluding hydrogens is 248 g/mol. The summed E-state index contributed by atoms with van der Waals surface area (Å²) in [4.78, 5) is 4.67. The first-order valence-corrected chi connectivity index (χ1v) is 7.63. The third-order valence-electron chi connectivity index (χ3n) is 2.44. The maximum atomic E-state index is 5.47. The monoisotopic (exact) mass is 264 g/mol. The molecule has 17 heavy (non-hydrogen) atoms. The molecule has 90 valence electrons. The second-order valence-electron chi connectivity index (χ2n) is 3.80. The van der Waals surface area contributed by atoms with Crippen molar-refractivity contribution in [2.75, 3.05) is 12.3 Å². The minimum Gasteiger partial charge on any atom is -0.330 e. The molecule has 2 N–H and O–H groups in total. The molecule has 1 aromatic carbocycles. The molecule has 0 aliphatic carbocycles. The zero-order valence-electron chi connectivity index (χ0n) is 9.85. The number of hydrogen-bond donors (Lipinski definition) is 1. The van der Waals surface area contributed by atoms with Gasteiger partial charge in [-0.25, -0.2) is 4.98 Å². The molecule has 0 unspecified atom stereocenters. The van der Waals surface area contributed by atoms with Gasteiger partial charge in [0, 0.05) is 29.0 Å². The summed E-state index contributed by atoms with van der Waals surface area (Å²) in [6, 6.07) is 8.38. The fourth-order valence-corrected chi connectivity index (χ4v) is 3.25. The van der Waals surface area contributed by atoms with E-state index in [1.165, 1.54) is 11.1 Å². The summed E-state index contributed by atoms with van der Waals surface area (Å²) in [7, 11) is 0. The zero-order valence-corrected chi connectivity index (χ0v) is 11.5. The fraction of sp³-hybridized carbons (Fsp3) is 0.308. The second-order valence-corrected chi connectivity index (χ2v) is 5.76. The molecule has 0 bridgehead atoms. The van der Waals surface area contributed by atoms with Crippen molar-refractivity contribution in [1.82, 2.24) is 4.98 Å². The van der Waals surface area contributed by atoms with E-state index in [4.69, 9.17) is 5.73 Å². The van der Waals surface area contributed by atoms with Gasteiger partial charge in [-0.05, 0) is 12.5 Å². The van der Waals surface area contributed by atoms with Crippen LogP contribution >= 0.6 is 23.1 Å². The lowest BCUT2D eigenvalue weighted by Crippen LogP contribution is -2.01. The smallest absolute Gasteiger partial charge is 0.123 e. The molecular formula is C13H16N2S2. The summed E-state index contributed by atoms with van der Waals surface area (Å²) in [5, 5.41) is 3.26. The van der Waals surface area contributed by atoms with Crippen LogP contribution in [0.4, 0.5) is 0 Å². The van der Waals surface area contributed by atoms with E-state index in [2.05, 4.69) is 41.6 Å². The Morgan fingerprint density at radius 1 is 1.35 bits per heavy atom. The number of hydrogen-bond acceptors (Lipinski definition) is 4. The van der Waals surface area contributed by atoms with E-state index in [1.807, 2.05) is 11.8 Å².